The number of carbonyl (C=O) groups excluding carboxylic acids is 1. The molecule has 5 nitrogen and oxygen atoms in total. The van der Waals surface area contributed by atoms with Gasteiger partial charge in [0.05, 0.1) is 6.61 Å². The molecule has 0 fully saturated rings. The minimum Gasteiger partial charge on any atom is -0.481 e. The number of ether oxygens (including phenoxy) is 1. The predicted molar refractivity (Wildman–Crippen MR) is 74.1 cm³/mol. The number of esters is 1. The Bertz CT molecular complexity index is 228. The molecule has 0 atom stereocenters. The highest BCUT2D eigenvalue weighted by Crippen LogP contribution is 2.09. The molecule has 0 aromatic carbocycles. The summed E-state index contributed by atoms with van der Waals surface area (Å²) in [6, 6.07) is 0. The summed E-state index contributed by atoms with van der Waals surface area (Å²) in [7, 11) is 0. The summed E-state index contributed by atoms with van der Waals surface area (Å²) < 4.78 is 5.05. The number of hydrogen-bond acceptors (Lipinski definition) is 3. The van der Waals surface area contributed by atoms with E-state index in [1.54, 1.807) is 0 Å². The summed E-state index contributed by atoms with van der Waals surface area (Å²) >= 11 is 0. The van der Waals surface area contributed by atoms with E-state index in [1.807, 2.05) is 0 Å². The van der Waals surface area contributed by atoms with Crippen LogP contribution >= 0.6 is 0 Å². The predicted octanol–water partition coefficient (Wildman–Crippen LogP) is 2.71. The number of rotatable bonds is 12. The Hall–Kier alpha value is -1.10. The molecule has 114 valence electrons. The SMILES string of the molecule is CCCCOC(=O)CCCCCCCCC(=O)O.O. The molecular formula is C14H28O5. The molecule has 0 saturated heterocycles. The first-order chi connectivity index (χ1) is 8.66. The average molecular weight is 276 g/mol. The van der Waals surface area contributed by atoms with Gasteiger partial charge in [0, 0.05) is 12.8 Å². The van der Waals surface area contributed by atoms with Crippen molar-refractivity contribution in [2.75, 3.05) is 6.61 Å². The number of aliphatic carboxylic acids is 1. The van der Waals surface area contributed by atoms with E-state index >= 15 is 0 Å². The Morgan fingerprint density at radius 1 is 0.895 bits per heavy atom. The molecule has 0 aliphatic carbocycles. The van der Waals surface area contributed by atoms with Crippen LogP contribution in [0.15, 0.2) is 0 Å². The molecule has 0 aromatic rings. The first-order valence-electron chi connectivity index (χ1n) is 7.04. The van der Waals surface area contributed by atoms with Crippen LogP contribution in [0, 0.1) is 0 Å². The largest absolute Gasteiger partial charge is 0.481 e. The zero-order valence-electron chi connectivity index (χ0n) is 12.0. The molecule has 5 heteroatoms. The fourth-order valence-electron chi connectivity index (χ4n) is 1.66. The van der Waals surface area contributed by atoms with Crippen molar-refractivity contribution in [3.63, 3.8) is 0 Å². The number of carboxylic acids is 1. The summed E-state index contributed by atoms with van der Waals surface area (Å²) in [6.07, 6.45) is 8.52. The molecule has 0 unspecified atom stereocenters. The van der Waals surface area contributed by atoms with E-state index in [0.29, 0.717) is 13.0 Å². The van der Waals surface area contributed by atoms with E-state index in [1.165, 1.54) is 0 Å². The molecule has 0 aromatic heterocycles. The molecule has 0 aliphatic rings. The van der Waals surface area contributed by atoms with Gasteiger partial charge in [-0.3, -0.25) is 9.59 Å². The molecule has 0 rings (SSSR count). The van der Waals surface area contributed by atoms with E-state index in [4.69, 9.17) is 9.84 Å². The lowest BCUT2D eigenvalue weighted by atomic mass is 10.1. The van der Waals surface area contributed by atoms with E-state index < -0.39 is 5.97 Å². The Labute approximate surface area is 115 Å². The molecule has 0 radical (unpaired) electrons. The maximum atomic E-state index is 11.2. The second kappa shape index (κ2) is 15.0. The van der Waals surface area contributed by atoms with Crippen LogP contribution in [0.5, 0.6) is 0 Å². The van der Waals surface area contributed by atoms with Crippen LogP contribution in [0.4, 0.5) is 0 Å². The van der Waals surface area contributed by atoms with Gasteiger partial charge in [0.15, 0.2) is 0 Å². The maximum absolute atomic E-state index is 11.2. The molecule has 0 amide bonds. The highest BCUT2D eigenvalue weighted by molar-refractivity contribution is 5.69. The van der Waals surface area contributed by atoms with Crippen LogP contribution in [-0.2, 0) is 14.3 Å². The minimum atomic E-state index is -0.718. The van der Waals surface area contributed by atoms with Crippen LogP contribution in [0.2, 0.25) is 0 Å². The fraction of sp³-hybridized carbons (Fsp3) is 0.857. The molecular weight excluding hydrogens is 248 g/mol. The summed E-state index contributed by atoms with van der Waals surface area (Å²) in [5, 5.41) is 8.45. The minimum absolute atomic E-state index is 0. The molecule has 0 bridgehead atoms. The smallest absolute Gasteiger partial charge is 0.305 e. The van der Waals surface area contributed by atoms with E-state index in [2.05, 4.69) is 6.92 Å². The Kier molecular flexibility index (Phi) is 15.9. The van der Waals surface area contributed by atoms with Crippen molar-refractivity contribution in [1.29, 1.82) is 0 Å². The van der Waals surface area contributed by atoms with Crippen molar-refractivity contribution in [2.45, 2.75) is 71.1 Å². The zero-order chi connectivity index (χ0) is 13.6. The quantitative estimate of drug-likeness (QED) is 0.438. The number of carbonyl (C=O) groups is 2. The van der Waals surface area contributed by atoms with Gasteiger partial charge in [-0.25, -0.2) is 0 Å². The maximum Gasteiger partial charge on any atom is 0.305 e. The number of hydrogen-bond donors (Lipinski definition) is 1. The van der Waals surface area contributed by atoms with Gasteiger partial charge in [-0.05, 0) is 19.3 Å². The van der Waals surface area contributed by atoms with Gasteiger partial charge < -0.3 is 15.3 Å². The van der Waals surface area contributed by atoms with E-state index in [-0.39, 0.29) is 17.9 Å². The van der Waals surface area contributed by atoms with Crippen LogP contribution in [-0.4, -0.2) is 29.1 Å². The third-order valence-electron chi connectivity index (χ3n) is 2.78. The van der Waals surface area contributed by atoms with Gasteiger partial charge in [-0.15, -0.1) is 0 Å². The number of carboxylic acid groups (broad SMARTS) is 1. The average Bonchev–Trinajstić information content (AvgIpc) is 2.32. The fourth-order valence-corrected chi connectivity index (χ4v) is 1.66. The summed E-state index contributed by atoms with van der Waals surface area (Å²) in [4.78, 5) is 21.5. The van der Waals surface area contributed by atoms with Crippen molar-refractivity contribution >= 4 is 11.9 Å². The third-order valence-corrected chi connectivity index (χ3v) is 2.78. The van der Waals surface area contributed by atoms with Gasteiger partial charge in [0.1, 0.15) is 0 Å². The normalized spacial score (nSPS) is 9.74. The van der Waals surface area contributed by atoms with Crippen LogP contribution in [0.25, 0.3) is 0 Å². The monoisotopic (exact) mass is 276 g/mol. The molecule has 0 heterocycles. The summed E-state index contributed by atoms with van der Waals surface area (Å²) in [6.45, 7) is 2.61. The Morgan fingerprint density at radius 2 is 1.42 bits per heavy atom. The van der Waals surface area contributed by atoms with Crippen molar-refractivity contribution in [3.8, 4) is 0 Å². The first-order valence-corrected chi connectivity index (χ1v) is 7.04. The van der Waals surface area contributed by atoms with Crippen LogP contribution in [0.3, 0.4) is 0 Å². The zero-order valence-corrected chi connectivity index (χ0v) is 12.0. The Morgan fingerprint density at radius 3 is 1.95 bits per heavy atom. The summed E-state index contributed by atoms with van der Waals surface area (Å²) in [5.74, 6) is -0.806. The van der Waals surface area contributed by atoms with Gasteiger partial charge >= 0.3 is 11.9 Å². The lowest BCUT2D eigenvalue weighted by molar-refractivity contribution is -0.144. The first kappa shape index (κ1) is 20.2. The van der Waals surface area contributed by atoms with Gasteiger partial charge in [-0.2, -0.15) is 0 Å². The lowest BCUT2D eigenvalue weighted by Crippen LogP contribution is -2.05. The topological polar surface area (TPSA) is 95.1 Å². The van der Waals surface area contributed by atoms with Crippen molar-refractivity contribution in [1.82, 2.24) is 0 Å². The highest BCUT2D eigenvalue weighted by atomic mass is 16.5. The third kappa shape index (κ3) is 16.9. The van der Waals surface area contributed by atoms with Crippen molar-refractivity contribution in [2.24, 2.45) is 0 Å². The molecule has 3 N–H and O–H groups in total. The molecule has 0 saturated carbocycles. The van der Waals surface area contributed by atoms with Crippen molar-refractivity contribution in [3.05, 3.63) is 0 Å². The van der Waals surface area contributed by atoms with E-state index in [0.717, 1.165) is 51.4 Å². The second-order valence-corrected chi connectivity index (χ2v) is 4.59. The van der Waals surface area contributed by atoms with E-state index in [9.17, 15) is 9.59 Å². The highest BCUT2D eigenvalue weighted by Gasteiger charge is 2.02. The lowest BCUT2D eigenvalue weighted by Gasteiger charge is -2.03. The van der Waals surface area contributed by atoms with Gasteiger partial charge in [0.25, 0.3) is 0 Å². The molecule has 0 spiro atoms. The molecule has 19 heavy (non-hydrogen) atoms. The van der Waals surface area contributed by atoms with Crippen LogP contribution < -0.4 is 0 Å². The van der Waals surface area contributed by atoms with Gasteiger partial charge in [0.2, 0.25) is 0 Å². The Balaban J connectivity index is 0. The second-order valence-electron chi connectivity index (χ2n) is 4.59. The summed E-state index contributed by atoms with van der Waals surface area (Å²) in [5.41, 5.74) is 0. The number of unbranched alkanes of at least 4 members (excludes halogenated alkanes) is 6. The van der Waals surface area contributed by atoms with Crippen molar-refractivity contribution < 1.29 is 24.9 Å². The van der Waals surface area contributed by atoms with Crippen LogP contribution in [0.1, 0.15) is 71.1 Å². The molecule has 0 aliphatic heterocycles. The standard InChI is InChI=1S/C14H26O4.H2O/c1-2-3-12-18-14(17)11-9-7-5-4-6-8-10-13(15)16;/h2-12H2,1H3,(H,15,16);1H2. The van der Waals surface area contributed by atoms with Gasteiger partial charge in [-0.1, -0.05) is 39.0 Å².